The first-order chi connectivity index (χ1) is 15.6. The zero-order valence-electron chi connectivity index (χ0n) is 18.6. The molecule has 2 unspecified atom stereocenters. The van der Waals surface area contributed by atoms with Crippen LogP contribution in [0.4, 0.5) is 0 Å². The van der Waals surface area contributed by atoms with Crippen molar-refractivity contribution in [1.82, 2.24) is 9.55 Å². The minimum absolute atomic E-state index is 0.225. The number of aliphatic hydroxyl groups is 2. The van der Waals surface area contributed by atoms with Crippen LogP contribution in [0.25, 0.3) is 22.4 Å². The van der Waals surface area contributed by atoms with Crippen molar-refractivity contribution in [2.75, 3.05) is 6.61 Å². The SMILES string of the molecule is CCCCCCCCc1ccc(-c2cc3cn(C4C[C@@H](O)C(CO)O4)c(=O)nc3o2)cc1. The van der Waals surface area contributed by atoms with Crippen LogP contribution in [0.15, 0.2) is 45.7 Å². The molecule has 0 bridgehead atoms. The van der Waals surface area contributed by atoms with Crippen molar-refractivity contribution in [3.8, 4) is 11.3 Å². The molecule has 2 aromatic heterocycles. The number of furan rings is 1. The quantitative estimate of drug-likeness (QED) is 0.459. The van der Waals surface area contributed by atoms with Crippen molar-refractivity contribution >= 4 is 11.1 Å². The van der Waals surface area contributed by atoms with Crippen molar-refractivity contribution in [3.05, 3.63) is 52.6 Å². The maximum Gasteiger partial charge on any atom is 0.353 e. The number of aliphatic hydroxyl groups excluding tert-OH is 2. The van der Waals surface area contributed by atoms with Crippen LogP contribution in [-0.2, 0) is 11.2 Å². The largest absolute Gasteiger partial charge is 0.437 e. The molecule has 1 aliphatic rings. The topological polar surface area (TPSA) is 97.7 Å². The van der Waals surface area contributed by atoms with Gasteiger partial charge in [-0.2, -0.15) is 4.98 Å². The highest BCUT2D eigenvalue weighted by Gasteiger charge is 2.35. The van der Waals surface area contributed by atoms with E-state index in [-0.39, 0.29) is 18.7 Å². The summed E-state index contributed by atoms with van der Waals surface area (Å²) in [5.74, 6) is 0.649. The van der Waals surface area contributed by atoms with Gasteiger partial charge in [-0.05, 0) is 24.5 Å². The van der Waals surface area contributed by atoms with Crippen LogP contribution in [0.1, 0.15) is 63.7 Å². The average molecular weight is 441 g/mol. The van der Waals surface area contributed by atoms with Crippen LogP contribution >= 0.6 is 0 Å². The van der Waals surface area contributed by atoms with Gasteiger partial charge in [-0.1, -0.05) is 63.3 Å². The van der Waals surface area contributed by atoms with Gasteiger partial charge in [-0.3, -0.25) is 4.57 Å². The lowest BCUT2D eigenvalue weighted by Gasteiger charge is -2.13. The van der Waals surface area contributed by atoms with Crippen LogP contribution < -0.4 is 5.69 Å². The molecule has 7 heteroatoms. The van der Waals surface area contributed by atoms with Crippen LogP contribution in [-0.4, -0.2) is 38.6 Å². The fourth-order valence-corrected chi connectivity index (χ4v) is 4.27. The van der Waals surface area contributed by atoms with E-state index >= 15 is 0 Å². The Morgan fingerprint density at radius 3 is 2.59 bits per heavy atom. The second kappa shape index (κ2) is 10.4. The second-order valence-electron chi connectivity index (χ2n) is 8.63. The maximum absolute atomic E-state index is 12.5. The number of nitrogens with zero attached hydrogens (tertiary/aromatic N) is 2. The third-order valence-corrected chi connectivity index (χ3v) is 6.19. The van der Waals surface area contributed by atoms with Gasteiger partial charge in [0.1, 0.15) is 18.1 Å². The first kappa shape index (κ1) is 22.7. The summed E-state index contributed by atoms with van der Waals surface area (Å²) in [7, 11) is 0. The van der Waals surface area contributed by atoms with E-state index in [0.29, 0.717) is 11.1 Å². The molecule has 0 saturated carbocycles. The third kappa shape index (κ3) is 5.11. The smallest absolute Gasteiger partial charge is 0.353 e. The van der Waals surface area contributed by atoms with Crippen molar-refractivity contribution < 1.29 is 19.4 Å². The normalized spacial score (nSPS) is 20.9. The Balaban J connectivity index is 1.44. The molecule has 3 heterocycles. The van der Waals surface area contributed by atoms with Crippen molar-refractivity contribution in [2.24, 2.45) is 0 Å². The number of aryl methyl sites for hydroxylation is 1. The van der Waals surface area contributed by atoms with E-state index in [9.17, 15) is 15.0 Å². The van der Waals surface area contributed by atoms with E-state index in [1.165, 1.54) is 48.7 Å². The predicted octanol–water partition coefficient (Wildman–Crippen LogP) is 4.20. The van der Waals surface area contributed by atoms with Crippen LogP contribution in [0, 0.1) is 0 Å². The Hall–Kier alpha value is -2.48. The summed E-state index contributed by atoms with van der Waals surface area (Å²) in [5, 5.41) is 19.9. The van der Waals surface area contributed by atoms with Gasteiger partial charge in [0.05, 0.1) is 18.1 Å². The molecule has 3 atom stereocenters. The summed E-state index contributed by atoms with van der Waals surface area (Å²) in [6.07, 6.45) is 8.49. The second-order valence-corrected chi connectivity index (χ2v) is 8.63. The van der Waals surface area contributed by atoms with E-state index in [1.54, 1.807) is 6.20 Å². The molecule has 1 saturated heterocycles. The summed E-state index contributed by atoms with van der Waals surface area (Å²) < 4.78 is 12.8. The minimum atomic E-state index is -0.817. The molecule has 1 fully saturated rings. The highest BCUT2D eigenvalue weighted by atomic mass is 16.5. The summed E-state index contributed by atoms with van der Waals surface area (Å²) in [5.41, 5.74) is 2.01. The van der Waals surface area contributed by atoms with Gasteiger partial charge in [0, 0.05) is 18.2 Å². The molecule has 2 N–H and O–H groups in total. The summed E-state index contributed by atoms with van der Waals surface area (Å²) in [6.45, 7) is 1.94. The standard InChI is InChI=1S/C25H32N2O5/c1-2-3-4-5-6-7-8-17-9-11-18(12-10-17)21-13-19-15-27(25(30)26-24(19)32-21)23-14-20(29)22(16-28)31-23/h9-13,15,20,22-23,28-29H,2-8,14,16H2,1H3/t20-,22?,23?/m1/s1. The molecule has 172 valence electrons. The number of ether oxygens (including phenoxy) is 1. The van der Waals surface area contributed by atoms with Crippen LogP contribution in [0.5, 0.6) is 0 Å². The van der Waals surface area contributed by atoms with E-state index in [0.717, 1.165) is 12.0 Å². The number of benzene rings is 1. The maximum atomic E-state index is 12.5. The summed E-state index contributed by atoms with van der Waals surface area (Å²) in [6, 6.07) is 10.2. The van der Waals surface area contributed by atoms with Crippen molar-refractivity contribution in [3.63, 3.8) is 0 Å². The molecular weight excluding hydrogens is 408 g/mol. The first-order valence-electron chi connectivity index (χ1n) is 11.7. The van der Waals surface area contributed by atoms with Crippen LogP contribution in [0.2, 0.25) is 0 Å². The molecule has 1 aromatic carbocycles. The molecular formula is C25H32N2O5. The Bertz CT molecular complexity index is 1070. The number of rotatable bonds is 10. The monoisotopic (exact) mass is 440 g/mol. The Kier molecular flexibility index (Phi) is 7.40. The molecule has 7 nitrogen and oxygen atoms in total. The average Bonchev–Trinajstić information content (AvgIpc) is 3.38. The highest BCUT2D eigenvalue weighted by Crippen LogP contribution is 2.30. The van der Waals surface area contributed by atoms with Gasteiger partial charge in [-0.25, -0.2) is 4.79 Å². The Morgan fingerprint density at radius 1 is 1.12 bits per heavy atom. The number of unbranched alkanes of at least 4 members (excludes halogenated alkanes) is 5. The van der Waals surface area contributed by atoms with Gasteiger partial charge in [0.2, 0.25) is 5.71 Å². The fourth-order valence-electron chi connectivity index (χ4n) is 4.27. The molecule has 0 aliphatic carbocycles. The van der Waals surface area contributed by atoms with Crippen molar-refractivity contribution in [2.45, 2.75) is 76.7 Å². The number of fused-ring (bicyclic) bond motifs is 1. The lowest BCUT2D eigenvalue weighted by Crippen LogP contribution is -2.27. The predicted molar refractivity (Wildman–Crippen MR) is 122 cm³/mol. The summed E-state index contributed by atoms with van der Waals surface area (Å²) >= 11 is 0. The van der Waals surface area contributed by atoms with E-state index in [2.05, 4.69) is 24.0 Å². The highest BCUT2D eigenvalue weighted by molar-refractivity contribution is 5.79. The zero-order chi connectivity index (χ0) is 22.5. The number of hydrogen-bond acceptors (Lipinski definition) is 6. The number of aromatic nitrogens is 2. The Labute approximate surface area is 187 Å². The number of hydrogen-bond donors (Lipinski definition) is 2. The molecule has 3 aromatic rings. The Morgan fingerprint density at radius 2 is 1.88 bits per heavy atom. The van der Waals surface area contributed by atoms with Gasteiger partial charge in [-0.15, -0.1) is 0 Å². The molecule has 4 rings (SSSR count). The van der Waals surface area contributed by atoms with E-state index < -0.39 is 24.1 Å². The molecule has 0 amide bonds. The molecule has 0 spiro atoms. The lowest BCUT2D eigenvalue weighted by molar-refractivity contribution is -0.0457. The minimum Gasteiger partial charge on any atom is -0.437 e. The summed E-state index contributed by atoms with van der Waals surface area (Å²) in [4.78, 5) is 16.5. The van der Waals surface area contributed by atoms with Gasteiger partial charge >= 0.3 is 5.69 Å². The van der Waals surface area contributed by atoms with Crippen molar-refractivity contribution in [1.29, 1.82) is 0 Å². The molecule has 1 aliphatic heterocycles. The third-order valence-electron chi connectivity index (χ3n) is 6.19. The van der Waals surface area contributed by atoms with E-state index in [4.69, 9.17) is 9.15 Å². The van der Waals surface area contributed by atoms with Gasteiger partial charge in [0.25, 0.3) is 0 Å². The van der Waals surface area contributed by atoms with Crippen LogP contribution in [0.3, 0.4) is 0 Å². The van der Waals surface area contributed by atoms with Gasteiger partial charge < -0.3 is 19.4 Å². The first-order valence-corrected chi connectivity index (χ1v) is 11.7. The van der Waals surface area contributed by atoms with E-state index in [1.807, 2.05) is 18.2 Å². The van der Waals surface area contributed by atoms with Gasteiger partial charge in [0.15, 0.2) is 0 Å². The fraction of sp³-hybridized carbons (Fsp3) is 0.520. The zero-order valence-corrected chi connectivity index (χ0v) is 18.6. The lowest BCUT2D eigenvalue weighted by atomic mass is 10.0. The molecule has 0 radical (unpaired) electrons. The molecule has 32 heavy (non-hydrogen) atoms.